The SMILES string of the molecule is COCC(C)Nc1nc(C)cn1CCc1ccc(F)cc1. The number of hydrogen-bond donors (Lipinski definition) is 1. The molecule has 0 saturated heterocycles. The Morgan fingerprint density at radius 2 is 2.05 bits per heavy atom. The van der Waals surface area contributed by atoms with Crippen LogP contribution in [0.3, 0.4) is 0 Å². The second-order valence-electron chi connectivity index (χ2n) is 5.28. The van der Waals surface area contributed by atoms with E-state index in [1.54, 1.807) is 7.11 Å². The van der Waals surface area contributed by atoms with E-state index in [0.717, 1.165) is 30.2 Å². The molecular formula is C16H22FN3O. The Balaban J connectivity index is 2.00. The van der Waals surface area contributed by atoms with Gasteiger partial charge in [-0.2, -0.15) is 0 Å². The lowest BCUT2D eigenvalue weighted by Crippen LogP contribution is -2.23. The van der Waals surface area contributed by atoms with Crippen molar-refractivity contribution in [3.63, 3.8) is 0 Å². The summed E-state index contributed by atoms with van der Waals surface area (Å²) in [6.45, 7) is 5.46. The van der Waals surface area contributed by atoms with Crippen LogP contribution in [0.15, 0.2) is 30.5 Å². The number of benzene rings is 1. The Bertz CT molecular complexity index is 565. The fourth-order valence-electron chi connectivity index (χ4n) is 2.25. The van der Waals surface area contributed by atoms with Crippen molar-refractivity contribution >= 4 is 5.95 Å². The Hall–Kier alpha value is -1.88. The van der Waals surface area contributed by atoms with Gasteiger partial charge in [0, 0.05) is 25.9 Å². The van der Waals surface area contributed by atoms with E-state index >= 15 is 0 Å². The van der Waals surface area contributed by atoms with Gasteiger partial charge in [0.15, 0.2) is 0 Å². The Morgan fingerprint density at radius 3 is 2.71 bits per heavy atom. The Kier molecular flexibility index (Phi) is 5.33. The highest BCUT2D eigenvalue weighted by Gasteiger charge is 2.09. The van der Waals surface area contributed by atoms with Gasteiger partial charge in [-0.1, -0.05) is 12.1 Å². The fraction of sp³-hybridized carbons (Fsp3) is 0.438. The molecule has 1 unspecified atom stereocenters. The summed E-state index contributed by atoms with van der Waals surface area (Å²) < 4.78 is 20.1. The van der Waals surface area contributed by atoms with E-state index in [4.69, 9.17) is 4.74 Å². The topological polar surface area (TPSA) is 39.1 Å². The van der Waals surface area contributed by atoms with Gasteiger partial charge in [-0.25, -0.2) is 9.37 Å². The van der Waals surface area contributed by atoms with Gasteiger partial charge in [-0.15, -0.1) is 0 Å². The van der Waals surface area contributed by atoms with Gasteiger partial charge in [0.25, 0.3) is 0 Å². The molecule has 0 spiro atoms. The van der Waals surface area contributed by atoms with Gasteiger partial charge >= 0.3 is 0 Å². The zero-order chi connectivity index (χ0) is 15.2. The van der Waals surface area contributed by atoms with Crippen LogP contribution in [0, 0.1) is 12.7 Å². The van der Waals surface area contributed by atoms with Crippen molar-refractivity contribution < 1.29 is 9.13 Å². The molecule has 0 radical (unpaired) electrons. The molecule has 1 aromatic carbocycles. The molecule has 5 heteroatoms. The number of imidazole rings is 1. The van der Waals surface area contributed by atoms with E-state index in [1.807, 2.05) is 25.3 Å². The number of rotatable bonds is 7. The Labute approximate surface area is 125 Å². The van der Waals surface area contributed by atoms with Crippen LogP contribution in [-0.4, -0.2) is 29.3 Å². The summed E-state index contributed by atoms with van der Waals surface area (Å²) in [7, 11) is 1.68. The molecule has 21 heavy (non-hydrogen) atoms. The number of aromatic nitrogens is 2. The van der Waals surface area contributed by atoms with E-state index in [2.05, 4.69) is 21.8 Å². The van der Waals surface area contributed by atoms with Gasteiger partial charge in [0.1, 0.15) is 5.82 Å². The lowest BCUT2D eigenvalue weighted by Gasteiger charge is -2.15. The van der Waals surface area contributed by atoms with Crippen LogP contribution < -0.4 is 5.32 Å². The van der Waals surface area contributed by atoms with E-state index in [0.29, 0.717) is 6.61 Å². The predicted molar refractivity (Wildman–Crippen MR) is 82.0 cm³/mol. The Morgan fingerprint density at radius 1 is 1.33 bits per heavy atom. The molecule has 1 heterocycles. The average molecular weight is 291 g/mol. The normalized spacial score (nSPS) is 12.4. The highest BCUT2D eigenvalue weighted by Crippen LogP contribution is 2.12. The van der Waals surface area contributed by atoms with Gasteiger partial charge in [0.05, 0.1) is 12.3 Å². The molecule has 1 N–H and O–H groups in total. The molecule has 0 bridgehead atoms. The van der Waals surface area contributed by atoms with Crippen LogP contribution in [0.25, 0.3) is 0 Å². The zero-order valence-electron chi connectivity index (χ0n) is 12.8. The van der Waals surface area contributed by atoms with Crippen LogP contribution in [0.5, 0.6) is 0 Å². The molecule has 0 amide bonds. The van der Waals surface area contributed by atoms with Crippen LogP contribution in [0.2, 0.25) is 0 Å². The van der Waals surface area contributed by atoms with E-state index in [9.17, 15) is 4.39 Å². The van der Waals surface area contributed by atoms with Crippen molar-refractivity contribution in [1.29, 1.82) is 0 Å². The molecule has 0 aliphatic rings. The average Bonchev–Trinajstić information content (AvgIpc) is 2.78. The van der Waals surface area contributed by atoms with E-state index < -0.39 is 0 Å². The first-order chi connectivity index (χ1) is 10.1. The summed E-state index contributed by atoms with van der Waals surface area (Å²) >= 11 is 0. The number of hydrogen-bond acceptors (Lipinski definition) is 3. The first-order valence-electron chi connectivity index (χ1n) is 7.12. The minimum Gasteiger partial charge on any atom is -0.383 e. The van der Waals surface area contributed by atoms with Crippen LogP contribution in [0.1, 0.15) is 18.2 Å². The maximum Gasteiger partial charge on any atom is 0.203 e. The quantitative estimate of drug-likeness (QED) is 0.852. The third-order valence-corrected chi connectivity index (χ3v) is 3.24. The predicted octanol–water partition coefficient (Wildman–Crippen LogP) is 3.02. The maximum absolute atomic E-state index is 12.9. The summed E-state index contributed by atoms with van der Waals surface area (Å²) in [4.78, 5) is 4.50. The van der Waals surface area contributed by atoms with Crippen LogP contribution in [0.4, 0.5) is 10.3 Å². The minimum absolute atomic E-state index is 0.196. The summed E-state index contributed by atoms with van der Waals surface area (Å²) in [5.41, 5.74) is 2.08. The van der Waals surface area contributed by atoms with Crippen molar-refractivity contribution in [3.8, 4) is 0 Å². The van der Waals surface area contributed by atoms with Crippen molar-refractivity contribution in [2.24, 2.45) is 0 Å². The van der Waals surface area contributed by atoms with Crippen molar-refractivity contribution in [2.45, 2.75) is 32.9 Å². The van der Waals surface area contributed by atoms with Gasteiger partial charge < -0.3 is 14.6 Å². The summed E-state index contributed by atoms with van der Waals surface area (Å²) in [5.74, 6) is 0.645. The van der Waals surface area contributed by atoms with Crippen molar-refractivity contribution in [2.75, 3.05) is 19.0 Å². The van der Waals surface area contributed by atoms with Crippen LogP contribution >= 0.6 is 0 Å². The molecule has 4 nitrogen and oxygen atoms in total. The molecule has 2 rings (SSSR count). The van der Waals surface area contributed by atoms with Gasteiger partial charge in [-0.05, 0) is 38.0 Å². The van der Waals surface area contributed by atoms with E-state index in [1.165, 1.54) is 12.1 Å². The lowest BCUT2D eigenvalue weighted by molar-refractivity contribution is 0.190. The number of nitrogens with zero attached hydrogens (tertiary/aromatic N) is 2. The van der Waals surface area contributed by atoms with Crippen LogP contribution in [-0.2, 0) is 17.7 Å². The second kappa shape index (κ2) is 7.22. The van der Waals surface area contributed by atoms with Crippen molar-refractivity contribution in [1.82, 2.24) is 9.55 Å². The number of methoxy groups -OCH3 is 1. The molecule has 1 atom stereocenters. The standard InChI is InChI=1S/C16H22FN3O/c1-12-10-20(16(18-12)19-13(2)11-21-3)9-8-14-4-6-15(17)7-5-14/h4-7,10,13H,8-9,11H2,1-3H3,(H,18,19). The van der Waals surface area contributed by atoms with Gasteiger partial charge in [0.2, 0.25) is 5.95 Å². The molecule has 114 valence electrons. The lowest BCUT2D eigenvalue weighted by atomic mass is 10.1. The summed E-state index contributed by atoms with van der Waals surface area (Å²) in [6.07, 6.45) is 2.86. The number of nitrogens with one attached hydrogen (secondary N) is 1. The van der Waals surface area contributed by atoms with Gasteiger partial charge in [-0.3, -0.25) is 0 Å². The number of halogens is 1. The highest BCUT2D eigenvalue weighted by atomic mass is 19.1. The largest absolute Gasteiger partial charge is 0.383 e. The molecule has 0 aliphatic heterocycles. The fourth-order valence-corrected chi connectivity index (χ4v) is 2.25. The number of aryl methyl sites for hydroxylation is 3. The number of anilines is 1. The first kappa shape index (κ1) is 15.5. The molecule has 1 aromatic heterocycles. The molecular weight excluding hydrogens is 269 g/mol. The molecule has 2 aromatic rings. The highest BCUT2D eigenvalue weighted by molar-refractivity contribution is 5.30. The third-order valence-electron chi connectivity index (χ3n) is 3.24. The summed E-state index contributed by atoms with van der Waals surface area (Å²) in [5, 5.41) is 3.34. The molecule has 0 aliphatic carbocycles. The monoisotopic (exact) mass is 291 g/mol. The third kappa shape index (κ3) is 4.56. The zero-order valence-corrected chi connectivity index (χ0v) is 12.8. The van der Waals surface area contributed by atoms with E-state index in [-0.39, 0.29) is 11.9 Å². The smallest absolute Gasteiger partial charge is 0.203 e. The second-order valence-corrected chi connectivity index (χ2v) is 5.28. The minimum atomic E-state index is -0.201. The maximum atomic E-state index is 12.9. The first-order valence-corrected chi connectivity index (χ1v) is 7.12. The van der Waals surface area contributed by atoms with Crippen molar-refractivity contribution in [3.05, 3.63) is 47.5 Å². The molecule has 0 fully saturated rings. The number of ether oxygens (including phenoxy) is 1. The summed E-state index contributed by atoms with van der Waals surface area (Å²) in [6, 6.07) is 6.82. The molecule has 0 saturated carbocycles.